The van der Waals surface area contributed by atoms with Crippen molar-refractivity contribution in [2.75, 3.05) is 0 Å². The standard InChI is InChI=1S/C32H22BrNO3S/c33-27-14-15-29(37-20-21-12-13-22-6-1-2-8-24(22)16-21)26(17-27)18-30-31(35)34(32(36)38-30)19-25-10-5-9-23-7-3-4-11-28(23)25/h1-18H,19-20H2/b30-18+. The fourth-order valence-electron chi connectivity index (χ4n) is 4.63. The Kier molecular flexibility index (Phi) is 6.75. The first-order valence-electron chi connectivity index (χ1n) is 12.2. The second-order valence-corrected chi connectivity index (χ2v) is 11.0. The molecule has 1 saturated heterocycles. The van der Waals surface area contributed by atoms with Crippen molar-refractivity contribution in [3.8, 4) is 5.75 Å². The Morgan fingerprint density at radius 1 is 0.789 bits per heavy atom. The van der Waals surface area contributed by atoms with Crippen LogP contribution < -0.4 is 4.74 Å². The minimum Gasteiger partial charge on any atom is -0.488 e. The van der Waals surface area contributed by atoms with Crippen molar-refractivity contribution in [3.63, 3.8) is 0 Å². The number of rotatable bonds is 6. The van der Waals surface area contributed by atoms with Gasteiger partial charge in [-0.3, -0.25) is 14.5 Å². The van der Waals surface area contributed by atoms with Gasteiger partial charge in [0.15, 0.2) is 0 Å². The van der Waals surface area contributed by atoms with Crippen molar-refractivity contribution in [2.24, 2.45) is 0 Å². The minimum absolute atomic E-state index is 0.229. The Bertz CT molecular complexity index is 1740. The average molecular weight is 581 g/mol. The van der Waals surface area contributed by atoms with Crippen LogP contribution in [-0.2, 0) is 17.9 Å². The van der Waals surface area contributed by atoms with Crippen molar-refractivity contribution in [3.05, 3.63) is 129 Å². The molecule has 2 amide bonds. The van der Waals surface area contributed by atoms with E-state index in [9.17, 15) is 9.59 Å². The highest BCUT2D eigenvalue weighted by atomic mass is 79.9. The van der Waals surface area contributed by atoms with Crippen molar-refractivity contribution >= 4 is 66.5 Å². The molecule has 186 valence electrons. The van der Waals surface area contributed by atoms with Crippen LogP contribution in [0.1, 0.15) is 16.7 Å². The molecule has 38 heavy (non-hydrogen) atoms. The maximum atomic E-state index is 13.3. The van der Waals surface area contributed by atoms with Crippen LogP contribution in [0.5, 0.6) is 5.75 Å². The number of hydrogen-bond donors (Lipinski definition) is 0. The van der Waals surface area contributed by atoms with Gasteiger partial charge in [-0.2, -0.15) is 0 Å². The molecule has 0 aliphatic carbocycles. The van der Waals surface area contributed by atoms with Crippen LogP contribution in [0.25, 0.3) is 27.6 Å². The second-order valence-electron chi connectivity index (χ2n) is 9.06. The lowest BCUT2D eigenvalue weighted by Gasteiger charge is -2.14. The van der Waals surface area contributed by atoms with Gasteiger partial charge in [0.1, 0.15) is 12.4 Å². The Hall–Kier alpha value is -3.87. The van der Waals surface area contributed by atoms with Crippen LogP contribution in [0.4, 0.5) is 4.79 Å². The molecule has 1 aliphatic heterocycles. The molecule has 0 aromatic heterocycles. The number of hydrogen-bond acceptors (Lipinski definition) is 4. The summed E-state index contributed by atoms with van der Waals surface area (Å²) < 4.78 is 7.04. The summed E-state index contributed by atoms with van der Waals surface area (Å²) >= 11 is 4.48. The molecule has 0 atom stereocenters. The monoisotopic (exact) mass is 579 g/mol. The second kappa shape index (κ2) is 10.5. The fraction of sp³-hybridized carbons (Fsp3) is 0.0625. The smallest absolute Gasteiger partial charge is 0.293 e. The van der Waals surface area contributed by atoms with Crippen LogP contribution in [0, 0.1) is 0 Å². The fourth-order valence-corrected chi connectivity index (χ4v) is 5.84. The van der Waals surface area contributed by atoms with Gasteiger partial charge in [0, 0.05) is 10.0 Å². The summed E-state index contributed by atoms with van der Waals surface area (Å²) in [7, 11) is 0. The van der Waals surface area contributed by atoms with Crippen molar-refractivity contribution in [1.29, 1.82) is 0 Å². The first kappa shape index (κ1) is 24.5. The number of fused-ring (bicyclic) bond motifs is 2. The molecule has 0 bridgehead atoms. The largest absolute Gasteiger partial charge is 0.488 e. The zero-order valence-electron chi connectivity index (χ0n) is 20.3. The number of imide groups is 1. The molecule has 0 N–H and O–H groups in total. The molecule has 5 aromatic carbocycles. The Balaban J connectivity index is 1.24. The van der Waals surface area contributed by atoms with Gasteiger partial charge in [-0.15, -0.1) is 0 Å². The topological polar surface area (TPSA) is 46.6 Å². The minimum atomic E-state index is -0.298. The van der Waals surface area contributed by atoms with E-state index in [0.717, 1.165) is 49.1 Å². The Morgan fingerprint density at radius 2 is 1.55 bits per heavy atom. The maximum absolute atomic E-state index is 13.3. The van der Waals surface area contributed by atoms with E-state index in [-0.39, 0.29) is 17.7 Å². The van der Waals surface area contributed by atoms with Crippen LogP contribution in [-0.4, -0.2) is 16.0 Å². The normalized spacial score (nSPS) is 14.7. The molecule has 6 rings (SSSR count). The van der Waals surface area contributed by atoms with E-state index >= 15 is 0 Å². The zero-order valence-corrected chi connectivity index (χ0v) is 22.7. The quantitative estimate of drug-likeness (QED) is 0.189. The number of thioether (sulfide) groups is 1. The summed E-state index contributed by atoms with van der Waals surface area (Å²) in [5.41, 5.74) is 2.72. The molecule has 0 saturated carbocycles. The van der Waals surface area contributed by atoms with Gasteiger partial charge >= 0.3 is 0 Å². The summed E-state index contributed by atoms with van der Waals surface area (Å²) in [5.74, 6) is 0.343. The number of amides is 2. The summed E-state index contributed by atoms with van der Waals surface area (Å²) in [6.45, 7) is 0.614. The van der Waals surface area contributed by atoms with Crippen LogP contribution in [0.3, 0.4) is 0 Å². The van der Waals surface area contributed by atoms with Crippen LogP contribution in [0.2, 0.25) is 0 Å². The first-order chi connectivity index (χ1) is 18.5. The van der Waals surface area contributed by atoms with Crippen LogP contribution >= 0.6 is 27.7 Å². The highest BCUT2D eigenvalue weighted by Gasteiger charge is 2.35. The van der Waals surface area contributed by atoms with Crippen LogP contribution in [0.15, 0.2) is 113 Å². The van der Waals surface area contributed by atoms with E-state index < -0.39 is 0 Å². The molecular weight excluding hydrogens is 558 g/mol. The number of nitrogens with zero attached hydrogens (tertiary/aromatic N) is 1. The molecule has 1 heterocycles. The van der Waals surface area contributed by atoms with E-state index in [4.69, 9.17) is 4.74 Å². The number of carbonyl (C=O) groups excluding carboxylic acids is 2. The van der Waals surface area contributed by atoms with E-state index in [1.807, 2.05) is 72.8 Å². The van der Waals surface area contributed by atoms with Gasteiger partial charge in [-0.1, -0.05) is 94.8 Å². The van der Waals surface area contributed by atoms with Gasteiger partial charge in [0.05, 0.1) is 11.4 Å². The number of ether oxygens (including phenoxy) is 1. The third-order valence-corrected chi connectivity index (χ3v) is 7.95. The number of benzene rings is 5. The third-order valence-electron chi connectivity index (χ3n) is 6.55. The molecule has 0 radical (unpaired) electrons. The molecule has 4 nitrogen and oxygen atoms in total. The lowest BCUT2D eigenvalue weighted by molar-refractivity contribution is -0.123. The predicted octanol–water partition coefficient (Wildman–Crippen LogP) is 8.57. The van der Waals surface area contributed by atoms with Crippen molar-refractivity contribution in [1.82, 2.24) is 4.90 Å². The zero-order chi connectivity index (χ0) is 26.1. The first-order valence-corrected chi connectivity index (χ1v) is 13.8. The van der Waals surface area contributed by atoms with Gasteiger partial charge in [-0.05, 0) is 74.8 Å². The molecule has 1 fully saturated rings. The molecule has 0 unspecified atom stereocenters. The highest BCUT2D eigenvalue weighted by Crippen LogP contribution is 2.36. The van der Waals surface area contributed by atoms with E-state index in [1.165, 1.54) is 10.3 Å². The van der Waals surface area contributed by atoms with Gasteiger partial charge in [-0.25, -0.2) is 0 Å². The van der Waals surface area contributed by atoms with Crippen molar-refractivity contribution in [2.45, 2.75) is 13.2 Å². The van der Waals surface area contributed by atoms with E-state index in [1.54, 1.807) is 6.08 Å². The lowest BCUT2D eigenvalue weighted by atomic mass is 10.0. The summed E-state index contributed by atoms with van der Waals surface area (Å²) in [5, 5.41) is 4.18. The molecule has 6 heteroatoms. The molecule has 1 aliphatic rings. The SMILES string of the molecule is O=C1S/C(=C/c2cc(Br)ccc2OCc2ccc3ccccc3c2)C(=O)N1Cc1cccc2ccccc12. The number of halogens is 1. The lowest BCUT2D eigenvalue weighted by Crippen LogP contribution is -2.27. The third kappa shape index (κ3) is 4.97. The van der Waals surface area contributed by atoms with E-state index in [0.29, 0.717) is 17.3 Å². The van der Waals surface area contributed by atoms with Gasteiger partial charge in [0.25, 0.3) is 11.1 Å². The Morgan fingerprint density at radius 3 is 2.42 bits per heavy atom. The highest BCUT2D eigenvalue weighted by molar-refractivity contribution is 9.10. The predicted molar refractivity (Wildman–Crippen MR) is 158 cm³/mol. The maximum Gasteiger partial charge on any atom is 0.293 e. The van der Waals surface area contributed by atoms with Gasteiger partial charge < -0.3 is 4.74 Å². The Labute approximate surface area is 233 Å². The van der Waals surface area contributed by atoms with Gasteiger partial charge in [0.2, 0.25) is 0 Å². The summed E-state index contributed by atoms with van der Waals surface area (Å²) in [4.78, 5) is 27.9. The number of carbonyl (C=O) groups is 2. The average Bonchev–Trinajstić information content (AvgIpc) is 3.20. The summed E-state index contributed by atoms with van der Waals surface area (Å²) in [6, 6.07) is 34.1. The van der Waals surface area contributed by atoms with E-state index in [2.05, 4.69) is 46.3 Å². The molecular formula is C32H22BrNO3S. The van der Waals surface area contributed by atoms with Crippen molar-refractivity contribution < 1.29 is 14.3 Å². The molecule has 5 aromatic rings. The molecule has 0 spiro atoms. The summed E-state index contributed by atoms with van der Waals surface area (Å²) in [6.07, 6.45) is 1.74.